The molecule has 0 aliphatic heterocycles. The first-order valence-electron chi connectivity index (χ1n) is 29.6. The minimum Gasteiger partial charge on any atom is -0.469 e. The van der Waals surface area contributed by atoms with E-state index in [1.165, 1.54) is 189 Å². The summed E-state index contributed by atoms with van der Waals surface area (Å²) in [7, 11) is 4.54. The first-order chi connectivity index (χ1) is 40.3. The summed E-state index contributed by atoms with van der Waals surface area (Å²) in [6, 6.07) is 54.2. The van der Waals surface area contributed by atoms with Gasteiger partial charge in [-0.1, -0.05) is 152 Å². The smallest absolute Gasteiger partial charge is 0.305 e. The van der Waals surface area contributed by atoms with Crippen LogP contribution in [0.5, 0.6) is 0 Å². The van der Waals surface area contributed by atoms with Gasteiger partial charge in [-0.25, -0.2) is 0 Å². The van der Waals surface area contributed by atoms with Crippen molar-refractivity contribution in [2.45, 2.75) is 84.9 Å². The monoisotopic (exact) mass is 1060 g/mol. The number of fused-ring (bicyclic) bond motifs is 3. The lowest BCUT2D eigenvalue weighted by molar-refractivity contribution is -0.142. The Labute approximate surface area is 469 Å². The van der Waals surface area contributed by atoms with Crippen molar-refractivity contribution in [3.63, 3.8) is 0 Å². The number of esters is 3. The van der Waals surface area contributed by atoms with E-state index in [0.717, 1.165) is 0 Å². The summed E-state index contributed by atoms with van der Waals surface area (Å²) >= 11 is 0. The van der Waals surface area contributed by atoms with Gasteiger partial charge in [0.2, 0.25) is 0 Å². The fourth-order valence-corrected chi connectivity index (χ4v) is 21.9. The molecule has 0 radical (unpaired) electrons. The molecule has 0 saturated heterocycles. The SMILES string of the molecule is COC(=O)CCCC1(c2ccccc2)C(CCCC(=O)OC)(c2ccccc2)C23C4=c5ccc6c7ccc8c9ccc%10c%11ccc%12c%13c(c%14c%15c2c5c6c2c7c8c5c9c%10c(c%13%11)c%14c5c%152)C3(C=%12C=C4)C1(CCCC(=O)OC)c1ccccc1. The quantitative estimate of drug-likeness (QED) is 0.0578. The molecule has 0 amide bonds. The molecule has 6 heteroatoms. The topological polar surface area (TPSA) is 78.9 Å². The van der Waals surface area contributed by atoms with E-state index >= 15 is 0 Å². The second-order valence-electron chi connectivity index (χ2n) is 25.2. The first-order valence-corrected chi connectivity index (χ1v) is 29.6. The summed E-state index contributed by atoms with van der Waals surface area (Å²) in [5, 5.41) is 33.0. The maximum Gasteiger partial charge on any atom is 0.305 e. The Hall–Kier alpha value is -8.87. The number of carbonyl (C=O) groups is 3. The highest BCUT2D eigenvalue weighted by Crippen LogP contribution is 2.91. The van der Waals surface area contributed by atoms with Gasteiger partial charge in [0.15, 0.2) is 0 Å². The lowest BCUT2D eigenvalue weighted by Gasteiger charge is -2.61. The molecule has 15 aromatic rings. The molecule has 0 N–H and O–H groups in total. The van der Waals surface area contributed by atoms with Crippen LogP contribution < -0.4 is 10.4 Å². The molecule has 15 aromatic carbocycles. The van der Waals surface area contributed by atoms with Gasteiger partial charge in [0.25, 0.3) is 0 Å². The van der Waals surface area contributed by atoms with E-state index in [2.05, 4.69) is 152 Å². The van der Waals surface area contributed by atoms with Crippen molar-refractivity contribution in [3.8, 4) is 0 Å². The maximum absolute atomic E-state index is 14.1. The molecule has 4 unspecified atom stereocenters. The molecule has 6 nitrogen and oxygen atoms in total. The van der Waals surface area contributed by atoms with E-state index in [1.54, 1.807) is 0 Å². The lowest BCUT2D eigenvalue weighted by atomic mass is 9.39. The van der Waals surface area contributed by atoms with Gasteiger partial charge in [0, 0.05) is 46.3 Å². The Morgan fingerprint density at radius 1 is 0.317 bits per heavy atom. The molecule has 2 spiro atoms. The average molecular weight is 1060 g/mol. The van der Waals surface area contributed by atoms with Gasteiger partial charge in [-0.2, -0.15) is 0 Å². The van der Waals surface area contributed by atoms with Crippen LogP contribution in [-0.4, -0.2) is 39.2 Å². The minimum atomic E-state index is -0.936. The Balaban J connectivity index is 1.15. The minimum absolute atomic E-state index is 0.217. The van der Waals surface area contributed by atoms with E-state index in [4.69, 9.17) is 14.2 Å². The van der Waals surface area contributed by atoms with Crippen LogP contribution in [-0.2, 0) is 55.7 Å². The molecule has 82 heavy (non-hydrogen) atoms. The second-order valence-corrected chi connectivity index (χ2v) is 25.2. The summed E-state index contributed by atoms with van der Waals surface area (Å²) < 4.78 is 16.9. The van der Waals surface area contributed by atoms with E-state index in [9.17, 15) is 14.4 Å². The van der Waals surface area contributed by atoms with Crippen LogP contribution in [0.3, 0.4) is 0 Å². The van der Waals surface area contributed by atoms with E-state index in [-0.39, 0.29) is 37.2 Å². The lowest BCUT2D eigenvalue weighted by Crippen LogP contribution is -2.62. The van der Waals surface area contributed by atoms with Crippen LogP contribution in [0.15, 0.2) is 152 Å². The van der Waals surface area contributed by atoms with E-state index in [0.29, 0.717) is 38.5 Å². The van der Waals surface area contributed by atoms with Crippen LogP contribution in [0.2, 0.25) is 0 Å². The predicted molar refractivity (Wildman–Crippen MR) is 329 cm³/mol. The molecule has 392 valence electrons. The highest BCUT2D eigenvalue weighted by Gasteiger charge is 2.91. The van der Waals surface area contributed by atoms with E-state index < -0.39 is 27.1 Å². The third kappa shape index (κ3) is 4.04. The Bertz CT molecular complexity index is 5200. The van der Waals surface area contributed by atoms with Gasteiger partial charge in [-0.3, -0.25) is 14.4 Å². The van der Waals surface area contributed by atoms with Gasteiger partial charge in [-0.15, -0.1) is 0 Å². The number of methoxy groups -OCH3 is 3. The standard InChI is InChI=1S/C76H52O6/c1-80-51(77)22-13-35-72(38-16-7-4-8-17-38)73(36-14-23-52(78)81-2,39-18-9-5-10-19-39)75-49-33-34-50-48-32-30-46-44-28-26-42-41-25-27-43-45-29-31-47(49)60-58(45)63-56(43)54(41)62-55(42)57(44)64-59(46)61(48)71(69-67(64)65(62)66(63)68(69)70(60)75)76(50,75)74(72,37-15-24-53(79)82-3)40-20-11-6-12-21-40/h4-12,16-21,25-34H,13-15,22-24,35-37H2,1-3H3. The van der Waals surface area contributed by atoms with Crippen molar-refractivity contribution in [1.29, 1.82) is 0 Å². The zero-order chi connectivity index (χ0) is 54.3. The van der Waals surface area contributed by atoms with E-state index in [1.807, 2.05) is 0 Å². The molecule has 4 atom stereocenters. The number of hydrogen-bond acceptors (Lipinski definition) is 6. The molecular weight excluding hydrogens is 1010 g/mol. The van der Waals surface area contributed by atoms with Crippen molar-refractivity contribution in [2.75, 3.05) is 21.3 Å². The maximum atomic E-state index is 14.1. The largest absolute Gasteiger partial charge is 0.469 e. The fourth-order valence-electron chi connectivity index (χ4n) is 21.9. The summed E-state index contributed by atoms with van der Waals surface area (Å²) in [6.07, 6.45) is 9.18. The summed E-state index contributed by atoms with van der Waals surface area (Å²) in [4.78, 5) is 42.4. The number of allylic oxidation sites excluding steroid dienone is 2. The van der Waals surface area contributed by atoms with Crippen molar-refractivity contribution in [2.24, 2.45) is 0 Å². The molecular formula is C76H52O6. The molecule has 0 aromatic heterocycles. The van der Waals surface area contributed by atoms with Crippen molar-refractivity contribution in [3.05, 3.63) is 190 Å². The second kappa shape index (κ2) is 14.2. The van der Waals surface area contributed by atoms with Crippen LogP contribution in [0, 0.1) is 0 Å². The fraction of sp³-hybridized carbons (Fsp3) is 0.224. The van der Waals surface area contributed by atoms with Gasteiger partial charge in [-0.05, 0) is 206 Å². The highest BCUT2D eigenvalue weighted by atomic mass is 16.5. The van der Waals surface area contributed by atoms with Gasteiger partial charge in [0.1, 0.15) is 0 Å². The molecule has 1 fully saturated rings. The van der Waals surface area contributed by atoms with Crippen molar-refractivity contribution < 1.29 is 28.6 Å². The molecule has 5 aliphatic carbocycles. The summed E-state index contributed by atoms with van der Waals surface area (Å²) in [5.41, 5.74) is 4.51. The number of hydrogen-bond donors (Lipinski definition) is 0. The normalized spacial score (nSPS) is 24.0. The Morgan fingerprint density at radius 2 is 0.598 bits per heavy atom. The Kier molecular flexibility index (Phi) is 7.78. The molecule has 0 heterocycles. The molecule has 1 saturated carbocycles. The average Bonchev–Trinajstić information content (AvgIpc) is 1.40. The van der Waals surface area contributed by atoms with Crippen LogP contribution in [0.1, 0.15) is 85.6 Å². The van der Waals surface area contributed by atoms with Gasteiger partial charge in [0.05, 0.1) is 21.3 Å². The third-order valence-electron chi connectivity index (χ3n) is 23.3. The van der Waals surface area contributed by atoms with Gasteiger partial charge < -0.3 is 14.2 Å². The number of carbonyl (C=O) groups excluding carboxylic acids is 3. The van der Waals surface area contributed by atoms with Crippen LogP contribution >= 0.6 is 0 Å². The molecule has 0 bridgehead atoms. The number of ether oxygens (including phenoxy) is 3. The Morgan fingerprint density at radius 3 is 0.939 bits per heavy atom. The third-order valence-corrected chi connectivity index (χ3v) is 23.3. The van der Waals surface area contributed by atoms with Crippen molar-refractivity contribution >= 4 is 148 Å². The zero-order valence-electron chi connectivity index (χ0n) is 45.7. The van der Waals surface area contributed by atoms with Gasteiger partial charge >= 0.3 is 17.9 Å². The zero-order valence-corrected chi connectivity index (χ0v) is 45.7. The number of rotatable bonds is 15. The molecule has 5 aliphatic rings. The molecule has 20 rings (SSSR count). The predicted octanol–water partition coefficient (Wildman–Crippen LogP) is 15.1. The summed E-state index contributed by atoms with van der Waals surface area (Å²) in [6.45, 7) is 0. The van der Waals surface area contributed by atoms with Crippen LogP contribution in [0.25, 0.3) is 130 Å². The van der Waals surface area contributed by atoms with Crippen LogP contribution in [0.4, 0.5) is 0 Å². The van der Waals surface area contributed by atoms with Crippen molar-refractivity contribution in [1.82, 2.24) is 0 Å². The summed E-state index contributed by atoms with van der Waals surface area (Å²) in [5.74, 6) is -0.706. The number of benzene rings is 11. The highest BCUT2D eigenvalue weighted by molar-refractivity contribution is 6.64. The first kappa shape index (κ1) is 44.8.